The van der Waals surface area contributed by atoms with Gasteiger partial charge in [-0.1, -0.05) is 78.9 Å². The molecule has 4 rings (SSSR count). The smallest absolute Gasteiger partial charge is 0.193 e. The van der Waals surface area contributed by atoms with Gasteiger partial charge in [0.2, 0.25) is 0 Å². The monoisotopic (exact) mass is 414 g/mol. The number of aliphatic imine (C=N–C) groups is 1. The summed E-state index contributed by atoms with van der Waals surface area (Å²) < 4.78 is 0.273. The molecular formula is C26H28N3O2+. The van der Waals surface area contributed by atoms with Crippen molar-refractivity contribution in [2.45, 2.75) is 19.3 Å². The molecule has 158 valence electrons. The van der Waals surface area contributed by atoms with Crippen molar-refractivity contribution in [1.29, 1.82) is 0 Å². The van der Waals surface area contributed by atoms with E-state index in [1.807, 2.05) is 67.0 Å². The van der Waals surface area contributed by atoms with Crippen LogP contribution in [0, 0.1) is 0 Å². The Kier molecular flexibility index (Phi) is 6.57. The van der Waals surface area contributed by atoms with Crippen molar-refractivity contribution in [3.8, 4) is 0 Å². The summed E-state index contributed by atoms with van der Waals surface area (Å²) in [6.45, 7) is 1.06. The van der Waals surface area contributed by atoms with Gasteiger partial charge in [0, 0.05) is 11.3 Å². The van der Waals surface area contributed by atoms with Crippen LogP contribution in [0.5, 0.6) is 0 Å². The van der Waals surface area contributed by atoms with Gasteiger partial charge in [-0.25, -0.2) is 9.48 Å². The van der Waals surface area contributed by atoms with E-state index in [9.17, 15) is 10.2 Å². The fourth-order valence-electron chi connectivity index (χ4n) is 4.01. The van der Waals surface area contributed by atoms with Crippen molar-refractivity contribution < 1.29 is 14.7 Å². The molecule has 0 aliphatic carbocycles. The van der Waals surface area contributed by atoms with Crippen LogP contribution in [-0.2, 0) is 13.2 Å². The number of aliphatic hydroxyl groups excluding tert-OH is 2. The molecule has 2 atom stereocenters. The summed E-state index contributed by atoms with van der Waals surface area (Å²) >= 11 is 0. The fraction of sp³-hybridized carbons (Fsp3) is 0.192. The van der Waals surface area contributed by atoms with E-state index in [1.165, 1.54) is 0 Å². The quantitative estimate of drug-likeness (QED) is 0.575. The molecule has 5 heteroatoms. The number of rotatable bonds is 7. The molecule has 0 fully saturated rings. The maximum atomic E-state index is 10.6. The molecule has 31 heavy (non-hydrogen) atoms. The minimum absolute atomic E-state index is 0.0143. The molecule has 1 aliphatic heterocycles. The Labute approximate surface area is 183 Å². The minimum Gasteiger partial charge on any atom is -0.392 e. The number of hydrogen-bond acceptors (Lipinski definition) is 4. The van der Waals surface area contributed by atoms with Gasteiger partial charge < -0.3 is 10.2 Å². The van der Waals surface area contributed by atoms with Crippen LogP contribution in [0.1, 0.15) is 16.7 Å². The first kappa shape index (κ1) is 21.0. The Morgan fingerprint density at radius 3 is 2.19 bits per heavy atom. The van der Waals surface area contributed by atoms with Gasteiger partial charge in [0.25, 0.3) is 0 Å². The van der Waals surface area contributed by atoms with Gasteiger partial charge in [-0.2, -0.15) is 0 Å². The number of anilines is 1. The summed E-state index contributed by atoms with van der Waals surface area (Å²) in [5, 5.41) is 20.0. The van der Waals surface area contributed by atoms with Gasteiger partial charge in [-0.15, -0.1) is 0 Å². The van der Waals surface area contributed by atoms with Crippen LogP contribution < -0.4 is 4.90 Å². The van der Waals surface area contributed by atoms with Gasteiger partial charge in [-0.05, 0) is 29.3 Å². The van der Waals surface area contributed by atoms with Crippen molar-refractivity contribution in [3.05, 3.63) is 108 Å². The minimum atomic E-state index is -0.150. The molecule has 0 radical (unpaired) electrons. The molecule has 3 aromatic rings. The molecule has 3 aromatic carbocycles. The lowest BCUT2D eigenvalue weighted by Crippen LogP contribution is -2.63. The Hall–Kier alpha value is -3.25. The Morgan fingerprint density at radius 1 is 0.871 bits per heavy atom. The maximum Gasteiger partial charge on any atom is 0.193 e. The van der Waals surface area contributed by atoms with Crippen LogP contribution in [0.2, 0.25) is 0 Å². The highest BCUT2D eigenvalue weighted by Gasteiger charge is 2.41. The zero-order valence-corrected chi connectivity index (χ0v) is 17.5. The van der Waals surface area contributed by atoms with Crippen LogP contribution in [0.3, 0.4) is 0 Å². The van der Waals surface area contributed by atoms with E-state index in [2.05, 4.69) is 46.3 Å². The van der Waals surface area contributed by atoms with Crippen molar-refractivity contribution in [1.82, 2.24) is 0 Å². The average molecular weight is 415 g/mol. The van der Waals surface area contributed by atoms with Gasteiger partial charge >= 0.3 is 0 Å². The lowest BCUT2D eigenvalue weighted by molar-refractivity contribution is -0.887. The third-order valence-corrected chi connectivity index (χ3v) is 5.69. The molecule has 0 saturated carbocycles. The van der Waals surface area contributed by atoms with Gasteiger partial charge in [0.1, 0.15) is 13.2 Å². The molecule has 2 unspecified atom stereocenters. The van der Waals surface area contributed by atoms with E-state index in [1.54, 1.807) is 0 Å². The van der Waals surface area contributed by atoms with E-state index in [-0.39, 0.29) is 24.0 Å². The zero-order valence-electron chi connectivity index (χ0n) is 17.5. The molecule has 2 N–H and O–H groups in total. The third-order valence-electron chi connectivity index (χ3n) is 5.69. The van der Waals surface area contributed by atoms with Crippen LogP contribution in [0.4, 0.5) is 5.69 Å². The number of hydrogen-bond donors (Lipinski definition) is 2. The van der Waals surface area contributed by atoms with Crippen molar-refractivity contribution in [2.75, 3.05) is 18.3 Å². The Morgan fingerprint density at radius 2 is 1.55 bits per heavy atom. The van der Waals surface area contributed by atoms with Crippen molar-refractivity contribution in [3.63, 3.8) is 0 Å². The largest absolute Gasteiger partial charge is 0.392 e. The van der Waals surface area contributed by atoms with E-state index < -0.39 is 0 Å². The lowest BCUT2D eigenvalue weighted by atomic mass is 10.1. The lowest BCUT2D eigenvalue weighted by Gasteiger charge is -2.46. The second-order valence-corrected chi connectivity index (χ2v) is 7.81. The van der Waals surface area contributed by atoms with Crippen molar-refractivity contribution in [2.24, 2.45) is 4.99 Å². The summed E-state index contributed by atoms with van der Waals surface area (Å²) in [7, 11) is 0. The number of nitrogens with zero attached hydrogens (tertiary/aromatic N) is 3. The standard InChI is InChI=1S/C26H28N3O2/c30-18-24-11-14-25(15-12-24)28-19-27-20-29(21-31,17-23-9-5-2-6-10-23)26(28)16-13-22-7-3-1-4-8-22/h1-16,20,26,30-31H,17-19,21H2/q+1. The van der Waals surface area contributed by atoms with Gasteiger partial charge in [0.15, 0.2) is 19.2 Å². The molecule has 0 spiro atoms. The highest BCUT2D eigenvalue weighted by Crippen LogP contribution is 2.29. The molecule has 0 saturated heterocycles. The first-order chi connectivity index (χ1) is 15.2. The molecule has 1 heterocycles. The van der Waals surface area contributed by atoms with E-state index in [4.69, 9.17) is 0 Å². The predicted molar refractivity (Wildman–Crippen MR) is 125 cm³/mol. The fourth-order valence-corrected chi connectivity index (χ4v) is 4.01. The number of benzene rings is 3. The van der Waals surface area contributed by atoms with Crippen LogP contribution in [0.25, 0.3) is 6.08 Å². The SMILES string of the molecule is OCc1ccc(N2CN=C[N+](CO)(Cc3ccccc3)C2C=Cc2ccccc2)cc1. The Bertz CT molecular complexity index is 1020. The third kappa shape index (κ3) is 4.75. The summed E-state index contributed by atoms with van der Waals surface area (Å²) in [5.41, 5.74) is 4.11. The second-order valence-electron chi connectivity index (χ2n) is 7.81. The van der Waals surface area contributed by atoms with Gasteiger partial charge in [0.05, 0.1) is 6.61 Å². The maximum absolute atomic E-state index is 10.6. The summed E-state index contributed by atoms with van der Waals surface area (Å²) in [6, 6.07) is 28.2. The first-order valence-corrected chi connectivity index (χ1v) is 10.5. The van der Waals surface area contributed by atoms with Crippen LogP contribution in [0.15, 0.2) is 96.0 Å². The predicted octanol–water partition coefficient (Wildman–Crippen LogP) is 3.99. The average Bonchev–Trinajstić information content (AvgIpc) is 2.84. The van der Waals surface area contributed by atoms with Crippen molar-refractivity contribution >= 4 is 18.1 Å². The van der Waals surface area contributed by atoms with E-state index in [0.29, 0.717) is 13.2 Å². The highest BCUT2D eigenvalue weighted by atomic mass is 16.3. The second kappa shape index (κ2) is 9.71. The summed E-state index contributed by atoms with van der Waals surface area (Å²) in [4.78, 5) is 6.83. The number of quaternary nitrogens is 1. The highest BCUT2D eigenvalue weighted by molar-refractivity contribution is 5.58. The Balaban J connectivity index is 1.74. The molecule has 0 bridgehead atoms. The molecule has 5 nitrogen and oxygen atoms in total. The zero-order chi connectivity index (χ0) is 21.5. The topological polar surface area (TPSA) is 56.1 Å². The van der Waals surface area contributed by atoms with Gasteiger partial charge in [-0.3, -0.25) is 4.90 Å². The first-order valence-electron chi connectivity index (χ1n) is 10.5. The van der Waals surface area contributed by atoms with Crippen LogP contribution >= 0.6 is 0 Å². The van der Waals surface area contributed by atoms with E-state index in [0.717, 1.165) is 22.4 Å². The normalized spacial score (nSPS) is 21.0. The summed E-state index contributed by atoms with van der Waals surface area (Å²) in [6.07, 6.45) is 5.99. The molecular weight excluding hydrogens is 386 g/mol. The van der Waals surface area contributed by atoms with E-state index >= 15 is 0 Å². The molecule has 1 aliphatic rings. The molecule has 0 aromatic heterocycles. The molecule has 0 amide bonds. The summed E-state index contributed by atoms with van der Waals surface area (Å²) in [5.74, 6) is 0. The van der Waals surface area contributed by atoms with Crippen LogP contribution in [-0.4, -0.2) is 40.6 Å². The number of aliphatic hydroxyl groups is 2.